The summed E-state index contributed by atoms with van der Waals surface area (Å²) in [7, 11) is 1.63. The topological polar surface area (TPSA) is 46.3 Å². The standard InChI is InChI=1S/C18H21FN2O.ClH/c1-12-4-6-14(7-5-12)15-8-9-16(17(19)10-15)18(22)21(3)13(2)11-20;/h4-10,13H,11,20H2,1-3H3;1H. The summed E-state index contributed by atoms with van der Waals surface area (Å²) in [6.07, 6.45) is 0. The maximum Gasteiger partial charge on any atom is 0.256 e. The molecule has 0 bridgehead atoms. The van der Waals surface area contributed by atoms with Gasteiger partial charge in [-0.15, -0.1) is 12.4 Å². The molecule has 0 fully saturated rings. The van der Waals surface area contributed by atoms with E-state index in [1.54, 1.807) is 13.1 Å². The van der Waals surface area contributed by atoms with Crippen molar-refractivity contribution in [2.75, 3.05) is 13.6 Å². The van der Waals surface area contributed by atoms with E-state index in [0.29, 0.717) is 6.54 Å². The molecule has 0 heterocycles. The van der Waals surface area contributed by atoms with Gasteiger partial charge < -0.3 is 10.6 Å². The lowest BCUT2D eigenvalue weighted by Crippen LogP contribution is -2.40. The van der Waals surface area contributed by atoms with Crippen molar-refractivity contribution in [1.82, 2.24) is 4.90 Å². The maximum absolute atomic E-state index is 14.3. The number of nitrogens with two attached hydrogens (primary N) is 1. The van der Waals surface area contributed by atoms with Gasteiger partial charge in [0.25, 0.3) is 5.91 Å². The molecule has 0 aliphatic heterocycles. The minimum absolute atomic E-state index is 0. The number of halogens is 2. The van der Waals surface area contributed by atoms with Crippen LogP contribution in [-0.2, 0) is 0 Å². The van der Waals surface area contributed by atoms with Gasteiger partial charge in [-0.1, -0.05) is 35.9 Å². The fourth-order valence-corrected chi connectivity index (χ4v) is 2.16. The van der Waals surface area contributed by atoms with E-state index in [-0.39, 0.29) is 29.9 Å². The fraction of sp³-hybridized carbons (Fsp3) is 0.278. The van der Waals surface area contributed by atoms with Gasteiger partial charge in [-0.25, -0.2) is 4.39 Å². The van der Waals surface area contributed by atoms with E-state index in [1.165, 1.54) is 17.0 Å². The summed E-state index contributed by atoms with van der Waals surface area (Å²) in [4.78, 5) is 13.8. The summed E-state index contributed by atoms with van der Waals surface area (Å²) in [6.45, 7) is 4.17. The van der Waals surface area contributed by atoms with E-state index < -0.39 is 5.82 Å². The lowest BCUT2D eigenvalue weighted by molar-refractivity contribution is 0.0743. The molecule has 2 N–H and O–H groups in total. The lowest BCUT2D eigenvalue weighted by Gasteiger charge is -2.24. The van der Waals surface area contributed by atoms with E-state index in [2.05, 4.69) is 0 Å². The molecular weight excluding hydrogens is 315 g/mol. The van der Waals surface area contributed by atoms with E-state index >= 15 is 0 Å². The number of nitrogens with zero attached hydrogens (tertiary/aromatic N) is 1. The average Bonchev–Trinajstić information content (AvgIpc) is 2.53. The van der Waals surface area contributed by atoms with Gasteiger partial charge in [-0.3, -0.25) is 4.79 Å². The number of hydrogen-bond donors (Lipinski definition) is 1. The van der Waals surface area contributed by atoms with Crippen LogP contribution >= 0.6 is 12.4 Å². The first-order valence-electron chi connectivity index (χ1n) is 7.28. The van der Waals surface area contributed by atoms with Crippen LogP contribution in [0.3, 0.4) is 0 Å². The molecule has 0 spiro atoms. The molecule has 2 aromatic rings. The van der Waals surface area contributed by atoms with Gasteiger partial charge in [-0.05, 0) is 37.1 Å². The minimum atomic E-state index is -0.515. The first-order valence-corrected chi connectivity index (χ1v) is 7.28. The van der Waals surface area contributed by atoms with Crippen molar-refractivity contribution in [3.63, 3.8) is 0 Å². The van der Waals surface area contributed by atoms with E-state index in [1.807, 2.05) is 38.1 Å². The second-order valence-electron chi connectivity index (χ2n) is 5.56. The molecule has 124 valence electrons. The van der Waals surface area contributed by atoms with Crippen molar-refractivity contribution in [2.45, 2.75) is 19.9 Å². The number of carbonyl (C=O) groups excluding carboxylic acids is 1. The van der Waals surface area contributed by atoms with Crippen LogP contribution in [0.1, 0.15) is 22.8 Å². The predicted octanol–water partition coefficient (Wildman–Crippen LogP) is 3.64. The van der Waals surface area contributed by atoms with Crippen LogP contribution in [0, 0.1) is 12.7 Å². The van der Waals surface area contributed by atoms with Gasteiger partial charge in [0, 0.05) is 19.6 Å². The Kier molecular flexibility index (Phi) is 6.73. The first kappa shape index (κ1) is 19.1. The Morgan fingerprint density at radius 1 is 1.17 bits per heavy atom. The quantitative estimate of drug-likeness (QED) is 0.926. The normalized spacial score (nSPS) is 11.5. The third-order valence-electron chi connectivity index (χ3n) is 3.91. The number of likely N-dealkylation sites (N-methyl/N-ethyl adjacent to an activating group) is 1. The summed E-state index contributed by atoms with van der Waals surface area (Å²) in [6, 6.07) is 12.4. The van der Waals surface area contributed by atoms with Crippen molar-refractivity contribution in [3.05, 3.63) is 59.4 Å². The minimum Gasteiger partial charge on any atom is -0.338 e. The van der Waals surface area contributed by atoms with Crippen LogP contribution in [0.2, 0.25) is 0 Å². The van der Waals surface area contributed by atoms with Crippen LogP contribution in [0.5, 0.6) is 0 Å². The highest BCUT2D eigenvalue weighted by Gasteiger charge is 2.20. The smallest absolute Gasteiger partial charge is 0.256 e. The molecule has 1 amide bonds. The highest BCUT2D eigenvalue weighted by Crippen LogP contribution is 2.23. The number of carbonyl (C=O) groups is 1. The monoisotopic (exact) mass is 336 g/mol. The zero-order valence-corrected chi connectivity index (χ0v) is 14.4. The Hall–Kier alpha value is -1.91. The zero-order chi connectivity index (χ0) is 16.3. The van der Waals surface area contributed by atoms with Crippen molar-refractivity contribution < 1.29 is 9.18 Å². The van der Waals surface area contributed by atoms with Crippen molar-refractivity contribution in [1.29, 1.82) is 0 Å². The van der Waals surface area contributed by atoms with Crippen LogP contribution in [0.15, 0.2) is 42.5 Å². The highest BCUT2D eigenvalue weighted by molar-refractivity contribution is 5.95. The Balaban J connectivity index is 0.00000264. The molecule has 0 saturated heterocycles. The molecule has 0 radical (unpaired) electrons. The third-order valence-corrected chi connectivity index (χ3v) is 3.91. The number of hydrogen-bond acceptors (Lipinski definition) is 2. The van der Waals surface area contributed by atoms with Gasteiger partial charge >= 0.3 is 0 Å². The maximum atomic E-state index is 14.3. The largest absolute Gasteiger partial charge is 0.338 e. The molecule has 1 atom stereocenters. The molecule has 0 aliphatic carbocycles. The lowest BCUT2D eigenvalue weighted by atomic mass is 10.0. The second kappa shape index (κ2) is 8.09. The number of amides is 1. The summed E-state index contributed by atoms with van der Waals surface area (Å²) >= 11 is 0. The zero-order valence-electron chi connectivity index (χ0n) is 13.5. The fourth-order valence-electron chi connectivity index (χ4n) is 2.16. The van der Waals surface area contributed by atoms with Crippen molar-refractivity contribution >= 4 is 18.3 Å². The van der Waals surface area contributed by atoms with E-state index in [4.69, 9.17) is 5.73 Å². The van der Waals surface area contributed by atoms with E-state index in [9.17, 15) is 9.18 Å². The molecular formula is C18H22ClFN2O. The summed E-state index contributed by atoms with van der Waals surface area (Å²) in [5, 5.41) is 0. The molecule has 5 heteroatoms. The van der Waals surface area contributed by atoms with Gasteiger partial charge in [-0.2, -0.15) is 0 Å². The van der Waals surface area contributed by atoms with Crippen LogP contribution in [0.4, 0.5) is 4.39 Å². The average molecular weight is 337 g/mol. The van der Waals surface area contributed by atoms with E-state index in [0.717, 1.165) is 16.7 Å². The van der Waals surface area contributed by atoms with Gasteiger partial charge in [0.2, 0.25) is 0 Å². The molecule has 0 aromatic heterocycles. The molecule has 3 nitrogen and oxygen atoms in total. The molecule has 23 heavy (non-hydrogen) atoms. The van der Waals surface area contributed by atoms with Gasteiger partial charge in [0.05, 0.1) is 5.56 Å². The third kappa shape index (κ3) is 4.30. The van der Waals surface area contributed by atoms with Crippen LogP contribution in [-0.4, -0.2) is 30.4 Å². The Bertz CT molecular complexity index is 673. The van der Waals surface area contributed by atoms with Crippen molar-refractivity contribution in [2.24, 2.45) is 5.73 Å². The summed E-state index contributed by atoms with van der Waals surface area (Å²) in [5.41, 5.74) is 8.44. The Morgan fingerprint density at radius 2 is 1.74 bits per heavy atom. The number of rotatable bonds is 4. The number of aryl methyl sites for hydroxylation is 1. The molecule has 2 aromatic carbocycles. The van der Waals surface area contributed by atoms with Crippen LogP contribution < -0.4 is 5.73 Å². The molecule has 2 rings (SSSR count). The van der Waals surface area contributed by atoms with Gasteiger partial charge in [0.1, 0.15) is 5.82 Å². The number of benzene rings is 2. The second-order valence-corrected chi connectivity index (χ2v) is 5.56. The van der Waals surface area contributed by atoms with Gasteiger partial charge in [0.15, 0.2) is 0 Å². The SMILES string of the molecule is Cc1ccc(-c2ccc(C(=O)N(C)C(C)CN)c(F)c2)cc1.Cl. The highest BCUT2D eigenvalue weighted by atomic mass is 35.5. The van der Waals surface area contributed by atoms with Crippen LogP contribution in [0.25, 0.3) is 11.1 Å². The molecule has 0 aliphatic rings. The molecule has 1 unspecified atom stereocenters. The summed E-state index contributed by atoms with van der Waals surface area (Å²) < 4.78 is 14.3. The first-order chi connectivity index (χ1) is 10.4. The Morgan fingerprint density at radius 3 is 2.26 bits per heavy atom. The molecule has 0 saturated carbocycles. The van der Waals surface area contributed by atoms with Crippen molar-refractivity contribution in [3.8, 4) is 11.1 Å². The Labute approximate surface area is 142 Å². The summed E-state index contributed by atoms with van der Waals surface area (Å²) in [5.74, 6) is -0.870. The predicted molar refractivity (Wildman–Crippen MR) is 94.4 cm³/mol.